The zero-order chi connectivity index (χ0) is 33.0. The monoisotopic (exact) mass is 648 g/mol. The number of benzene rings is 1. The number of carboxylic acids is 1. The number of nitrogens with zero attached hydrogens (tertiary/aromatic N) is 6. The maximum Gasteiger partial charge on any atom is 0.310 e. The molecule has 0 saturated carbocycles. The van der Waals surface area contributed by atoms with E-state index in [2.05, 4.69) is 15.3 Å². The second kappa shape index (κ2) is 11.7. The second-order valence-electron chi connectivity index (χ2n) is 13.0. The van der Waals surface area contributed by atoms with E-state index in [-0.39, 0.29) is 23.9 Å². The standard InChI is InChI=1S/C33H40N6O6S/c1-7-39-26-11-9-23(22(4)29(26)36-37-39)28(32(5,6)31(40)41)24-10-8-21(3)25(35-24)18-38-19-33(12-14-44-15-13-33)45-30-27(46(38,42)43)16-20(2)17-34-30/h8-11,16-17,28H,7,12-15,18-19H2,1-6H3,(H,40,41). The Balaban J connectivity index is 1.46. The van der Waals surface area contributed by atoms with Crippen molar-refractivity contribution in [1.82, 2.24) is 29.3 Å². The van der Waals surface area contributed by atoms with Crippen LogP contribution in [-0.4, -0.2) is 74.1 Å². The number of aryl methyl sites for hydroxylation is 4. The highest BCUT2D eigenvalue weighted by Gasteiger charge is 2.46. The van der Waals surface area contributed by atoms with Crippen LogP contribution < -0.4 is 4.74 Å². The molecule has 1 atom stereocenters. The topological polar surface area (TPSA) is 150 Å². The van der Waals surface area contributed by atoms with Gasteiger partial charge in [-0.15, -0.1) is 5.10 Å². The minimum absolute atomic E-state index is 0.0234. The van der Waals surface area contributed by atoms with Gasteiger partial charge in [-0.3, -0.25) is 9.78 Å². The molecule has 0 amide bonds. The third kappa shape index (κ3) is 5.43. The molecule has 0 bridgehead atoms. The van der Waals surface area contributed by atoms with E-state index < -0.39 is 32.9 Å². The van der Waals surface area contributed by atoms with Crippen LogP contribution in [0.15, 0.2) is 41.4 Å². The Kier molecular flexibility index (Phi) is 8.14. The molecule has 13 heteroatoms. The average molecular weight is 649 g/mol. The summed E-state index contributed by atoms with van der Waals surface area (Å²) in [6.45, 7) is 12.6. The highest BCUT2D eigenvalue weighted by molar-refractivity contribution is 7.89. The van der Waals surface area contributed by atoms with Gasteiger partial charge in [0.25, 0.3) is 0 Å². The molecule has 1 saturated heterocycles. The van der Waals surface area contributed by atoms with Crippen LogP contribution in [0.4, 0.5) is 0 Å². The molecule has 1 fully saturated rings. The van der Waals surface area contributed by atoms with Crippen LogP contribution >= 0.6 is 0 Å². The second-order valence-corrected chi connectivity index (χ2v) is 14.9. The van der Waals surface area contributed by atoms with Crippen molar-refractivity contribution >= 4 is 27.0 Å². The third-order valence-corrected chi connectivity index (χ3v) is 11.3. The Morgan fingerprint density at radius 3 is 2.57 bits per heavy atom. The average Bonchev–Trinajstić information content (AvgIpc) is 3.41. The number of hydrogen-bond acceptors (Lipinski definition) is 9. The first-order chi connectivity index (χ1) is 21.8. The number of carbonyl (C=O) groups is 1. The maximum atomic E-state index is 14.3. The molecule has 4 aromatic rings. The Morgan fingerprint density at radius 1 is 1.13 bits per heavy atom. The van der Waals surface area contributed by atoms with Gasteiger partial charge in [0.15, 0.2) is 0 Å². The first kappa shape index (κ1) is 32.0. The first-order valence-electron chi connectivity index (χ1n) is 15.5. The number of rotatable bonds is 7. The largest absolute Gasteiger partial charge is 0.481 e. The number of aromatic nitrogens is 5. The van der Waals surface area contributed by atoms with Crippen LogP contribution in [-0.2, 0) is 32.6 Å². The molecular weight excluding hydrogens is 608 g/mol. The molecule has 3 aromatic heterocycles. The number of ether oxygens (including phenoxy) is 2. The molecule has 2 aliphatic heterocycles. The molecule has 244 valence electrons. The zero-order valence-corrected chi connectivity index (χ0v) is 27.9. The predicted octanol–water partition coefficient (Wildman–Crippen LogP) is 4.54. The summed E-state index contributed by atoms with van der Waals surface area (Å²) in [5.74, 6) is -1.55. The van der Waals surface area contributed by atoms with Crippen LogP contribution in [0.25, 0.3) is 11.0 Å². The molecular formula is C33H40N6O6S. The van der Waals surface area contributed by atoms with Gasteiger partial charge in [-0.1, -0.05) is 17.3 Å². The number of sulfonamides is 1. The lowest BCUT2D eigenvalue weighted by Crippen LogP contribution is -2.50. The summed E-state index contributed by atoms with van der Waals surface area (Å²) in [5.41, 5.74) is 3.66. The number of hydrogen-bond donors (Lipinski definition) is 1. The summed E-state index contributed by atoms with van der Waals surface area (Å²) in [4.78, 5) is 22.2. The molecule has 2 aliphatic rings. The summed E-state index contributed by atoms with van der Waals surface area (Å²) < 4.78 is 43.8. The summed E-state index contributed by atoms with van der Waals surface area (Å²) in [6.07, 6.45) is 2.64. The Bertz CT molecular complexity index is 1930. The minimum Gasteiger partial charge on any atom is -0.481 e. The lowest BCUT2D eigenvalue weighted by Gasteiger charge is -2.38. The summed E-state index contributed by atoms with van der Waals surface area (Å²) in [6, 6.07) is 9.17. The molecule has 0 radical (unpaired) electrons. The Morgan fingerprint density at radius 2 is 1.87 bits per heavy atom. The van der Waals surface area contributed by atoms with Crippen molar-refractivity contribution in [1.29, 1.82) is 0 Å². The van der Waals surface area contributed by atoms with Crippen molar-refractivity contribution in [3.8, 4) is 5.88 Å². The number of fused-ring (bicyclic) bond motifs is 2. The van der Waals surface area contributed by atoms with Gasteiger partial charge in [-0.25, -0.2) is 18.1 Å². The summed E-state index contributed by atoms with van der Waals surface area (Å²) in [7, 11) is -4.04. The quantitative estimate of drug-likeness (QED) is 0.303. The maximum absolute atomic E-state index is 14.3. The van der Waals surface area contributed by atoms with E-state index in [9.17, 15) is 18.3 Å². The van der Waals surface area contributed by atoms with Gasteiger partial charge in [0.2, 0.25) is 15.9 Å². The van der Waals surface area contributed by atoms with E-state index in [1.165, 1.54) is 4.31 Å². The van der Waals surface area contributed by atoms with Crippen molar-refractivity contribution < 1.29 is 27.8 Å². The van der Waals surface area contributed by atoms with Crippen LogP contribution in [0.5, 0.6) is 5.88 Å². The first-order valence-corrected chi connectivity index (χ1v) is 17.0. The molecule has 1 aromatic carbocycles. The minimum atomic E-state index is -4.04. The van der Waals surface area contributed by atoms with E-state index >= 15 is 0 Å². The molecule has 1 spiro atoms. The van der Waals surface area contributed by atoms with Crippen LogP contribution in [0, 0.1) is 26.2 Å². The van der Waals surface area contributed by atoms with Crippen molar-refractivity contribution in [2.24, 2.45) is 5.41 Å². The molecule has 0 aliphatic carbocycles. The number of aliphatic carboxylic acids is 1. The van der Waals surface area contributed by atoms with E-state index in [0.29, 0.717) is 55.1 Å². The SMILES string of the molecule is CCn1nnc2c(C)c(C(c3ccc(C)c(CN4CC5(CCOCC5)Oc5ncc(C)cc5S4(=O)=O)n3)C(C)(C)C(=O)O)ccc21. The van der Waals surface area contributed by atoms with Crippen molar-refractivity contribution in [3.63, 3.8) is 0 Å². The normalized spacial score (nSPS) is 18.6. The molecule has 6 rings (SSSR count). The van der Waals surface area contributed by atoms with Crippen molar-refractivity contribution in [3.05, 3.63) is 70.2 Å². The highest BCUT2D eigenvalue weighted by atomic mass is 32.2. The van der Waals surface area contributed by atoms with E-state index in [0.717, 1.165) is 22.2 Å². The van der Waals surface area contributed by atoms with Gasteiger partial charge in [0, 0.05) is 37.2 Å². The fourth-order valence-electron chi connectivity index (χ4n) is 6.56. The molecule has 46 heavy (non-hydrogen) atoms. The summed E-state index contributed by atoms with van der Waals surface area (Å²) >= 11 is 0. The molecule has 1 N–H and O–H groups in total. The van der Waals surface area contributed by atoms with E-state index in [1.807, 2.05) is 45.0 Å². The van der Waals surface area contributed by atoms with Gasteiger partial charge in [-0.05, 0) is 82.0 Å². The summed E-state index contributed by atoms with van der Waals surface area (Å²) in [5, 5.41) is 19.1. The van der Waals surface area contributed by atoms with Crippen LogP contribution in [0.3, 0.4) is 0 Å². The molecule has 12 nitrogen and oxygen atoms in total. The number of pyridine rings is 2. The highest BCUT2D eigenvalue weighted by Crippen LogP contribution is 2.44. The van der Waals surface area contributed by atoms with Gasteiger partial charge in [-0.2, -0.15) is 4.31 Å². The fourth-order valence-corrected chi connectivity index (χ4v) is 8.19. The Hall–Kier alpha value is -3.94. The fraction of sp³-hybridized carbons (Fsp3) is 0.485. The van der Waals surface area contributed by atoms with Gasteiger partial charge < -0.3 is 14.6 Å². The van der Waals surface area contributed by atoms with Gasteiger partial charge >= 0.3 is 5.97 Å². The van der Waals surface area contributed by atoms with Crippen LogP contribution in [0.1, 0.15) is 73.2 Å². The van der Waals surface area contributed by atoms with E-state index in [1.54, 1.807) is 37.7 Å². The Labute approximate surface area is 268 Å². The predicted molar refractivity (Wildman–Crippen MR) is 170 cm³/mol. The smallest absolute Gasteiger partial charge is 0.310 e. The zero-order valence-electron chi connectivity index (χ0n) is 27.1. The van der Waals surface area contributed by atoms with Gasteiger partial charge in [0.1, 0.15) is 16.0 Å². The number of carboxylic acid groups (broad SMARTS) is 1. The lowest BCUT2D eigenvalue weighted by atomic mass is 9.71. The lowest BCUT2D eigenvalue weighted by molar-refractivity contribution is -0.147. The molecule has 1 unspecified atom stereocenters. The van der Waals surface area contributed by atoms with Crippen molar-refractivity contribution in [2.45, 2.75) is 83.9 Å². The van der Waals surface area contributed by atoms with Crippen LogP contribution in [0.2, 0.25) is 0 Å². The van der Waals surface area contributed by atoms with Gasteiger partial charge in [0.05, 0.1) is 42.9 Å². The van der Waals surface area contributed by atoms with Crippen molar-refractivity contribution in [2.75, 3.05) is 19.8 Å². The molecule has 5 heterocycles. The van der Waals surface area contributed by atoms with E-state index in [4.69, 9.17) is 14.5 Å². The third-order valence-electron chi connectivity index (χ3n) is 9.47.